The Bertz CT molecular complexity index is 1100. The van der Waals surface area contributed by atoms with Gasteiger partial charge in [-0.15, -0.1) is 0 Å². The highest BCUT2D eigenvalue weighted by atomic mass is 19.1. The zero-order valence-electron chi connectivity index (χ0n) is 16.0. The van der Waals surface area contributed by atoms with Gasteiger partial charge in [0, 0.05) is 32.3 Å². The number of ether oxygens (including phenoxy) is 1. The number of aromatic nitrogens is 1. The van der Waals surface area contributed by atoms with Gasteiger partial charge in [0.2, 0.25) is 5.43 Å². The van der Waals surface area contributed by atoms with Crippen LogP contribution in [-0.2, 0) is 4.79 Å². The Kier molecular flexibility index (Phi) is 4.45. The molecule has 0 bridgehead atoms. The number of carbonyl (C=O) groups excluding carboxylic acids is 1. The molecule has 2 aromatic rings. The molecule has 0 aliphatic carbocycles. The third-order valence-corrected chi connectivity index (χ3v) is 5.66. The third-order valence-electron chi connectivity index (χ3n) is 5.66. The van der Waals surface area contributed by atoms with E-state index < -0.39 is 28.8 Å². The molecule has 1 aromatic heterocycles. The monoisotopic (exact) mass is 404 g/mol. The van der Waals surface area contributed by atoms with Gasteiger partial charge in [0.15, 0.2) is 18.3 Å². The maximum absolute atomic E-state index is 15.1. The summed E-state index contributed by atoms with van der Waals surface area (Å²) in [6.45, 7) is 2.35. The highest BCUT2D eigenvalue weighted by Crippen LogP contribution is 2.41. The molecule has 2 aliphatic heterocycles. The van der Waals surface area contributed by atoms with E-state index in [2.05, 4.69) is 0 Å². The molecule has 2 aliphatic rings. The number of nitrogens with zero attached hydrogens (tertiary/aromatic N) is 3. The maximum Gasteiger partial charge on any atom is 0.341 e. The molecule has 0 saturated carbocycles. The molecule has 29 heavy (non-hydrogen) atoms. The molecule has 2 atom stereocenters. The number of carboxylic acid groups (broad SMARTS) is 1. The molecule has 0 spiro atoms. The van der Waals surface area contributed by atoms with Crippen LogP contribution in [0.4, 0.5) is 10.1 Å². The second-order valence-corrected chi connectivity index (χ2v) is 7.52. The van der Waals surface area contributed by atoms with Crippen LogP contribution < -0.4 is 25.8 Å². The second-order valence-electron chi connectivity index (χ2n) is 7.52. The SMILES string of the molecule is CC(=O)C(N)C1CCN(c2c(F)cc3c(=O)c(C(=O)O)cn4c3c2OCN4C)C1. The van der Waals surface area contributed by atoms with Crippen molar-refractivity contribution >= 4 is 28.3 Å². The summed E-state index contributed by atoms with van der Waals surface area (Å²) in [5, 5.41) is 10.9. The van der Waals surface area contributed by atoms with Crippen LogP contribution in [0.2, 0.25) is 0 Å². The molecule has 0 amide bonds. The summed E-state index contributed by atoms with van der Waals surface area (Å²) in [5.41, 5.74) is 5.26. The van der Waals surface area contributed by atoms with Crippen molar-refractivity contribution in [3.63, 3.8) is 0 Å². The Balaban J connectivity index is 1.89. The Morgan fingerprint density at radius 1 is 1.41 bits per heavy atom. The molecule has 0 radical (unpaired) electrons. The quantitative estimate of drug-likeness (QED) is 0.756. The lowest BCUT2D eigenvalue weighted by Crippen LogP contribution is -2.40. The summed E-state index contributed by atoms with van der Waals surface area (Å²) in [6.07, 6.45) is 1.85. The molecule has 1 aromatic carbocycles. The number of benzene rings is 1. The van der Waals surface area contributed by atoms with Crippen molar-refractivity contribution in [3.05, 3.63) is 33.9 Å². The highest BCUT2D eigenvalue weighted by molar-refractivity contribution is 5.97. The Labute approximate surface area is 165 Å². The highest BCUT2D eigenvalue weighted by Gasteiger charge is 2.35. The standard InChI is InChI=1S/C19H21FN4O5/c1-9(25)14(21)10-3-4-23(6-10)16-13(20)5-11-15-18(16)29-8-22(2)24(15)7-12(17(11)26)19(27)28/h5,7,10,14H,3-4,6,8,21H2,1-2H3,(H,27,28). The van der Waals surface area contributed by atoms with Gasteiger partial charge < -0.3 is 20.5 Å². The molecule has 2 unspecified atom stereocenters. The number of Topliss-reactive ketones (excluding diaryl/α,β-unsaturated/α-hetero) is 1. The van der Waals surface area contributed by atoms with E-state index in [0.29, 0.717) is 25.0 Å². The minimum absolute atomic E-state index is 0.0463. The summed E-state index contributed by atoms with van der Waals surface area (Å²) in [7, 11) is 1.67. The largest absolute Gasteiger partial charge is 0.477 e. The molecule has 4 rings (SSSR count). The topological polar surface area (TPSA) is 118 Å². The fourth-order valence-electron chi connectivity index (χ4n) is 4.09. The zero-order chi connectivity index (χ0) is 21.0. The lowest BCUT2D eigenvalue weighted by Gasteiger charge is -2.33. The molecule has 154 valence electrons. The number of rotatable bonds is 4. The maximum atomic E-state index is 15.1. The van der Waals surface area contributed by atoms with E-state index in [-0.39, 0.29) is 35.3 Å². The van der Waals surface area contributed by atoms with Crippen LogP contribution in [0.5, 0.6) is 5.75 Å². The first-order valence-corrected chi connectivity index (χ1v) is 9.21. The van der Waals surface area contributed by atoms with Gasteiger partial charge >= 0.3 is 5.97 Å². The number of carbonyl (C=O) groups is 2. The number of pyridine rings is 1. The van der Waals surface area contributed by atoms with Crippen LogP contribution in [0.1, 0.15) is 23.7 Å². The van der Waals surface area contributed by atoms with E-state index in [1.807, 2.05) is 0 Å². The van der Waals surface area contributed by atoms with Crippen molar-refractivity contribution in [2.45, 2.75) is 19.4 Å². The van der Waals surface area contributed by atoms with Gasteiger partial charge in [0.1, 0.15) is 22.6 Å². The summed E-state index contributed by atoms with van der Waals surface area (Å²) in [4.78, 5) is 37.5. The number of aromatic carboxylic acids is 1. The van der Waals surface area contributed by atoms with E-state index >= 15 is 4.39 Å². The first-order chi connectivity index (χ1) is 13.7. The van der Waals surface area contributed by atoms with Crippen molar-refractivity contribution in [1.29, 1.82) is 0 Å². The average Bonchev–Trinajstić information content (AvgIpc) is 3.14. The van der Waals surface area contributed by atoms with Crippen molar-refractivity contribution in [2.75, 3.05) is 36.8 Å². The van der Waals surface area contributed by atoms with Crippen molar-refractivity contribution < 1.29 is 23.8 Å². The number of nitrogens with two attached hydrogens (primary N) is 1. The first kappa shape index (κ1) is 19.2. The number of anilines is 1. The van der Waals surface area contributed by atoms with Crippen LogP contribution >= 0.6 is 0 Å². The molecule has 1 fully saturated rings. The Morgan fingerprint density at radius 3 is 2.79 bits per heavy atom. The van der Waals surface area contributed by atoms with Gasteiger partial charge in [-0.3, -0.25) is 19.3 Å². The van der Waals surface area contributed by atoms with Gasteiger partial charge in [-0.1, -0.05) is 0 Å². The van der Waals surface area contributed by atoms with E-state index in [1.54, 1.807) is 17.0 Å². The van der Waals surface area contributed by atoms with Gasteiger partial charge in [0.05, 0.1) is 11.4 Å². The van der Waals surface area contributed by atoms with Crippen LogP contribution in [0.25, 0.3) is 10.9 Å². The Hall–Kier alpha value is -3.14. The fraction of sp³-hybridized carbons (Fsp3) is 0.421. The second kappa shape index (κ2) is 6.73. The predicted octanol–water partition coefficient (Wildman–Crippen LogP) is 0.499. The number of ketones is 1. The lowest BCUT2D eigenvalue weighted by atomic mass is 9.97. The zero-order valence-corrected chi connectivity index (χ0v) is 16.0. The predicted molar refractivity (Wildman–Crippen MR) is 104 cm³/mol. The van der Waals surface area contributed by atoms with Gasteiger partial charge in [-0.05, 0) is 19.4 Å². The number of carboxylic acids is 1. The first-order valence-electron chi connectivity index (χ1n) is 9.21. The lowest BCUT2D eigenvalue weighted by molar-refractivity contribution is -0.119. The van der Waals surface area contributed by atoms with Crippen LogP contribution in [-0.4, -0.2) is 54.4 Å². The van der Waals surface area contributed by atoms with Crippen molar-refractivity contribution in [2.24, 2.45) is 11.7 Å². The van der Waals surface area contributed by atoms with E-state index in [1.165, 1.54) is 17.8 Å². The molecule has 3 heterocycles. The molecule has 9 nitrogen and oxygen atoms in total. The van der Waals surface area contributed by atoms with Crippen LogP contribution in [0, 0.1) is 11.7 Å². The average molecular weight is 404 g/mol. The smallest absolute Gasteiger partial charge is 0.341 e. The summed E-state index contributed by atoms with van der Waals surface area (Å²) >= 11 is 0. The number of hydrogen-bond acceptors (Lipinski definition) is 7. The third kappa shape index (κ3) is 2.91. The molecule has 10 heteroatoms. The minimum Gasteiger partial charge on any atom is -0.477 e. The van der Waals surface area contributed by atoms with Gasteiger partial charge in [-0.2, -0.15) is 0 Å². The minimum atomic E-state index is -1.38. The number of halogens is 1. The number of hydrogen-bond donors (Lipinski definition) is 2. The fourth-order valence-corrected chi connectivity index (χ4v) is 4.09. The summed E-state index contributed by atoms with van der Waals surface area (Å²) in [6, 6.07) is 0.434. The molecular weight excluding hydrogens is 383 g/mol. The van der Waals surface area contributed by atoms with E-state index in [9.17, 15) is 19.5 Å². The van der Waals surface area contributed by atoms with E-state index in [4.69, 9.17) is 10.5 Å². The van der Waals surface area contributed by atoms with Crippen LogP contribution in [0.15, 0.2) is 17.1 Å². The molecular formula is C19H21FN4O5. The summed E-state index contributed by atoms with van der Waals surface area (Å²) in [5.74, 6) is -2.11. The van der Waals surface area contributed by atoms with Gasteiger partial charge in [0.25, 0.3) is 0 Å². The summed E-state index contributed by atoms with van der Waals surface area (Å²) < 4.78 is 22.4. The van der Waals surface area contributed by atoms with E-state index in [0.717, 1.165) is 6.07 Å². The van der Waals surface area contributed by atoms with Gasteiger partial charge in [-0.25, -0.2) is 9.18 Å². The van der Waals surface area contributed by atoms with Crippen LogP contribution in [0.3, 0.4) is 0 Å². The van der Waals surface area contributed by atoms with Crippen molar-refractivity contribution in [1.82, 2.24) is 4.68 Å². The Morgan fingerprint density at radius 2 is 2.14 bits per heavy atom. The molecule has 1 saturated heterocycles. The van der Waals surface area contributed by atoms with Crippen molar-refractivity contribution in [3.8, 4) is 5.75 Å². The normalized spacial score (nSPS) is 19.4. The molecule has 3 N–H and O–H groups in total.